The Labute approximate surface area is 156 Å². The molecule has 0 radical (unpaired) electrons. The summed E-state index contributed by atoms with van der Waals surface area (Å²) in [4.78, 5) is 9.03. The molecule has 3 aromatic heterocycles. The van der Waals surface area contributed by atoms with Crippen molar-refractivity contribution in [2.75, 3.05) is 25.5 Å². The van der Waals surface area contributed by atoms with Gasteiger partial charge in [0.05, 0.1) is 19.0 Å². The van der Waals surface area contributed by atoms with E-state index in [1.807, 2.05) is 6.07 Å². The number of hydrogen-bond acceptors (Lipinski definition) is 6. The Kier molecular flexibility index (Phi) is 3.93. The van der Waals surface area contributed by atoms with Crippen molar-refractivity contribution in [1.82, 2.24) is 24.9 Å². The summed E-state index contributed by atoms with van der Waals surface area (Å²) < 4.78 is 21.5. The van der Waals surface area contributed by atoms with Gasteiger partial charge in [-0.05, 0) is 25.8 Å². The van der Waals surface area contributed by atoms with Gasteiger partial charge in [0, 0.05) is 36.7 Å². The molecule has 3 aromatic rings. The van der Waals surface area contributed by atoms with Crippen LogP contribution < -0.4 is 15.4 Å². The van der Waals surface area contributed by atoms with Gasteiger partial charge < -0.3 is 15.4 Å². The molecule has 0 aromatic carbocycles. The van der Waals surface area contributed by atoms with Gasteiger partial charge in [0.15, 0.2) is 5.65 Å². The second-order valence-corrected chi connectivity index (χ2v) is 7.18. The van der Waals surface area contributed by atoms with Crippen molar-refractivity contribution < 1.29 is 9.13 Å². The molecule has 1 saturated carbocycles. The van der Waals surface area contributed by atoms with E-state index in [0.29, 0.717) is 28.8 Å². The van der Waals surface area contributed by atoms with Gasteiger partial charge in [-0.3, -0.25) is 0 Å². The summed E-state index contributed by atoms with van der Waals surface area (Å²) in [5.41, 5.74) is 2.76. The molecule has 1 unspecified atom stereocenters. The van der Waals surface area contributed by atoms with E-state index < -0.39 is 0 Å². The number of pyridine rings is 1. The Balaban J connectivity index is 1.56. The number of aromatic nitrogens is 4. The Morgan fingerprint density at radius 1 is 1.26 bits per heavy atom. The molecule has 2 N–H and O–H groups in total. The zero-order valence-corrected chi connectivity index (χ0v) is 15.1. The molecular formula is C19H21FN6O. The molecule has 140 valence electrons. The van der Waals surface area contributed by atoms with E-state index in [-0.39, 0.29) is 11.9 Å². The summed E-state index contributed by atoms with van der Waals surface area (Å²) in [7, 11) is 1.65. The fourth-order valence-electron chi connectivity index (χ4n) is 3.58. The van der Waals surface area contributed by atoms with E-state index in [0.717, 1.165) is 43.8 Å². The normalized spacial score (nSPS) is 19.6. The van der Waals surface area contributed by atoms with Crippen LogP contribution >= 0.6 is 0 Å². The van der Waals surface area contributed by atoms with Crippen LogP contribution in [0.1, 0.15) is 30.9 Å². The molecule has 8 heteroatoms. The standard InChI is InChI=1S/C19H21FN6O/c1-27-16-8-18-22-10-15(26(18)25-19(16)11-2-3-11)14-6-12(20)7-17(24-14)23-13-4-5-21-9-13/h6-8,10-11,13,21H,2-5,9H2,1H3,(H,23,24). The second kappa shape index (κ2) is 6.45. The van der Waals surface area contributed by atoms with Crippen LogP contribution in [0.2, 0.25) is 0 Å². The van der Waals surface area contributed by atoms with Crippen LogP contribution in [0, 0.1) is 5.82 Å². The summed E-state index contributed by atoms with van der Waals surface area (Å²) in [6.07, 6.45) is 4.90. The highest BCUT2D eigenvalue weighted by atomic mass is 19.1. The lowest BCUT2D eigenvalue weighted by molar-refractivity contribution is 0.405. The first kappa shape index (κ1) is 16.4. The molecule has 4 heterocycles. The van der Waals surface area contributed by atoms with Crippen molar-refractivity contribution >= 4 is 11.5 Å². The summed E-state index contributed by atoms with van der Waals surface area (Å²) in [5, 5.41) is 11.3. The molecule has 0 amide bonds. The molecule has 0 bridgehead atoms. The maximum Gasteiger partial charge on any atom is 0.157 e. The van der Waals surface area contributed by atoms with E-state index >= 15 is 0 Å². The third kappa shape index (κ3) is 3.10. The van der Waals surface area contributed by atoms with Gasteiger partial charge in [-0.15, -0.1) is 0 Å². The second-order valence-electron chi connectivity index (χ2n) is 7.18. The van der Waals surface area contributed by atoms with Crippen LogP contribution in [0.4, 0.5) is 10.2 Å². The molecule has 2 fully saturated rings. The number of hydrogen-bond donors (Lipinski definition) is 2. The summed E-state index contributed by atoms with van der Waals surface area (Å²) in [6.45, 7) is 1.82. The monoisotopic (exact) mass is 368 g/mol. The SMILES string of the molecule is COc1cc2ncc(-c3cc(F)cc(NC4CCNC4)n3)n2nc1C1CC1. The average molecular weight is 368 g/mol. The molecular weight excluding hydrogens is 347 g/mol. The first-order valence-electron chi connectivity index (χ1n) is 9.29. The van der Waals surface area contributed by atoms with E-state index in [1.165, 1.54) is 12.1 Å². The minimum Gasteiger partial charge on any atom is -0.495 e. The van der Waals surface area contributed by atoms with Gasteiger partial charge in [-0.25, -0.2) is 18.9 Å². The number of nitrogens with zero attached hydrogens (tertiary/aromatic N) is 4. The zero-order valence-electron chi connectivity index (χ0n) is 15.1. The van der Waals surface area contributed by atoms with Gasteiger partial charge in [-0.2, -0.15) is 5.10 Å². The first-order valence-corrected chi connectivity index (χ1v) is 9.29. The maximum absolute atomic E-state index is 14.3. The molecule has 1 atom stereocenters. The summed E-state index contributed by atoms with van der Waals surface area (Å²) in [5.74, 6) is 1.38. The fourth-order valence-corrected chi connectivity index (χ4v) is 3.58. The highest BCUT2D eigenvalue weighted by molar-refractivity contribution is 5.62. The van der Waals surface area contributed by atoms with Crippen molar-refractivity contribution in [1.29, 1.82) is 0 Å². The predicted molar refractivity (Wildman–Crippen MR) is 99.6 cm³/mol. The fraction of sp³-hybridized carbons (Fsp3) is 0.421. The maximum atomic E-state index is 14.3. The molecule has 2 aliphatic rings. The van der Waals surface area contributed by atoms with Crippen LogP contribution in [0.15, 0.2) is 24.4 Å². The smallest absolute Gasteiger partial charge is 0.157 e. The number of ether oxygens (including phenoxy) is 1. The first-order chi connectivity index (χ1) is 13.2. The lowest BCUT2D eigenvalue weighted by Gasteiger charge is -2.13. The van der Waals surface area contributed by atoms with Crippen molar-refractivity contribution in [2.24, 2.45) is 0 Å². The Morgan fingerprint density at radius 3 is 2.89 bits per heavy atom. The van der Waals surface area contributed by atoms with E-state index in [2.05, 4.69) is 20.6 Å². The van der Waals surface area contributed by atoms with Crippen LogP contribution in [-0.2, 0) is 0 Å². The average Bonchev–Trinajstić information content (AvgIpc) is 3.22. The Morgan fingerprint density at radius 2 is 2.15 bits per heavy atom. The molecule has 5 rings (SSSR count). The predicted octanol–water partition coefficient (Wildman–Crippen LogP) is 2.59. The number of imidazole rings is 1. The number of halogens is 1. The van der Waals surface area contributed by atoms with Crippen molar-refractivity contribution in [3.05, 3.63) is 35.9 Å². The van der Waals surface area contributed by atoms with Crippen LogP contribution in [0.3, 0.4) is 0 Å². The quantitative estimate of drug-likeness (QED) is 0.721. The van der Waals surface area contributed by atoms with E-state index in [9.17, 15) is 4.39 Å². The Bertz CT molecular complexity index is 993. The Hall–Kier alpha value is -2.74. The number of rotatable bonds is 5. The minimum absolute atomic E-state index is 0.262. The molecule has 1 saturated heterocycles. The van der Waals surface area contributed by atoms with E-state index in [4.69, 9.17) is 9.84 Å². The van der Waals surface area contributed by atoms with Crippen LogP contribution in [-0.4, -0.2) is 45.8 Å². The molecule has 27 heavy (non-hydrogen) atoms. The lowest BCUT2D eigenvalue weighted by atomic mass is 10.2. The van der Waals surface area contributed by atoms with Gasteiger partial charge >= 0.3 is 0 Å². The third-order valence-corrected chi connectivity index (χ3v) is 5.13. The van der Waals surface area contributed by atoms with Crippen LogP contribution in [0.5, 0.6) is 5.75 Å². The third-order valence-electron chi connectivity index (χ3n) is 5.13. The summed E-state index contributed by atoms with van der Waals surface area (Å²) >= 11 is 0. The number of nitrogens with one attached hydrogen (secondary N) is 2. The number of methoxy groups -OCH3 is 1. The topological polar surface area (TPSA) is 76.4 Å². The number of fused-ring (bicyclic) bond motifs is 1. The highest BCUT2D eigenvalue weighted by Crippen LogP contribution is 2.43. The molecule has 1 aliphatic heterocycles. The lowest BCUT2D eigenvalue weighted by Crippen LogP contribution is -2.22. The van der Waals surface area contributed by atoms with Gasteiger partial charge in [0.25, 0.3) is 0 Å². The summed E-state index contributed by atoms with van der Waals surface area (Å²) in [6, 6.07) is 4.99. The van der Waals surface area contributed by atoms with Gasteiger partial charge in [0.1, 0.15) is 28.8 Å². The largest absolute Gasteiger partial charge is 0.495 e. The molecule has 7 nitrogen and oxygen atoms in total. The molecule has 1 aliphatic carbocycles. The van der Waals surface area contributed by atoms with Gasteiger partial charge in [-0.1, -0.05) is 0 Å². The van der Waals surface area contributed by atoms with Crippen molar-refractivity contribution in [3.63, 3.8) is 0 Å². The van der Waals surface area contributed by atoms with Crippen molar-refractivity contribution in [2.45, 2.75) is 31.2 Å². The van der Waals surface area contributed by atoms with E-state index in [1.54, 1.807) is 17.8 Å². The highest BCUT2D eigenvalue weighted by Gasteiger charge is 2.30. The van der Waals surface area contributed by atoms with Crippen molar-refractivity contribution in [3.8, 4) is 17.1 Å². The van der Waals surface area contributed by atoms with Gasteiger partial charge in [0.2, 0.25) is 0 Å². The molecule has 0 spiro atoms. The minimum atomic E-state index is -0.334. The van der Waals surface area contributed by atoms with Crippen LogP contribution in [0.25, 0.3) is 17.0 Å². The number of anilines is 1. The zero-order chi connectivity index (χ0) is 18.4.